The van der Waals surface area contributed by atoms with E-state index >= 15 is 0 Å². The predicted molar refractivity (Wildman–Crippen MR) is 85.3 cm³/mol. The third-order valence-corrected chi connectivity index (χ3v) is 3.34. The van der Waals surface area contributed by atoms with Crippen molar-refractivity contribution < 1.29 is 9.53 Å². The number of benzene rings is 2. The number of rotatable bonds is 7. The zero-order chi connectivity index (χ0) is 14.2. The Bertz CT molecular complexity index is 566. The fraction of sp³-hybridized carbons (Fsp3) is 0.312. The first-order chi connectivity index (χ1) is 9.81. The Morgan fingerprint density at radius 2 is 1.90 bits per heavy atom. The highest BCUT2D eigenvalue weighted by Gasteiger charge is 2.06. The van der Waals surface area contributed by atoms with Gasteiger partial charge >= 0.3 is 0 Å². The van der Waals surface area contributed by atoms with Crippen LogP contribution in [0.1, 0.15) is 5.56 Å². The topological polar surface area (TPSA) is 38.3 Å². The molecule has 106 valence electrons. The van der Waals surface area contributed by atoms with E-state index in [2.05, 4.69) is 39.4 Å². The van der Waals surface area contributed by atoms with Gasteiger partial charge in [0.15, 0.2) is 0 Å². The number of amides is 1. The van der Waals surface area contributed by atoms with E-state index in [1.807, 2.05) is 24.3 Å². The van der Waals surface area contributed by atoms with Crippen LogP contribution in [-0.2, 0) is 16.0 Å². The summed E-state index contributed by atoms with van der Waals surface area (Å²) in [6.07, 6.45) is 0.403. The van der Waals surface area contributed by atoms with Gasteiger partial charge in [-0.25, -0.2) is 0 Å². The van der Waals surface area contributed by atoms with Crippen molar-refractivity contribution in [3.8, 4) is 0 Å². The van der Waals surface area contributed by atoms with E-state index in [4.69, 9.17) is 4.74 Å². The fourth-order valence-corrected chi connectivity index (χ4v) is 2.33. The lowest BCUT2D eigenvalue weighted by molar-refractivity contribution is -0.120. The number of carbonyl (C=O) groups is 1. The van der Waals surface area contributed by atoms with E-state index in [9.17, 15) is 4.79 Å². The molecule has 4 heteroatoms. The first-order valence-corrected chi connectivity index (χ1v) is 7.80. The van der Waals surface area contributed by atoms with E-state index in [1.54, 1.807) is 0 Å². The largest absolute Gasteiger partial charge is 0.379 e. The number of alkyl halides is 1. The first kappa shape index (κ1) is 15.0. The van der Waals surface area contributed by atoms with Gasteiger partial charge in [0.25, 0.3) is 0 Å². The number of carbonyl (C=O) groups excluding carboxylic acids is 1. The Morgan fingerprint density at radius 3 is 2.75 bits per heavy atom. The summed E-state index contributed by atoms with van der Waals surface area (Å²) >= 11 is 3.29. The van der Waals surface area contributed by atoms with E-state index in [1.165, 1.54) is 5.39 Å². The zero-order valence-electron chi connectivity index (χ0n) is 11.3. The van der Waals surface area contributed by atoms with Crippen molar-refractivity contribution in [3.05, 3.63) is 48.0 Å². The molecule has 0 radical (unpaired) electrons. The molecule has 0 aromatic heterocycles. The van der Waals surface area contributed by atoms with Gasteiger partial charge in [-0.05, 0) is 16.3 Å². The Labute approximate surface area is 127 Å². The van der Waals surface area contributed by atoms with Gasteiger partial charge in [0, 0.05) is 11.9 Å². The van der Waals surface area contributed by atoms with E-state index in [0.29, 0.717) is 26.2 Å². The van der Waals surface area contributed by atoms with Crippen molar-refractivity contribution in [2.45, 2.75) is 6.42 Å². The van der Waals surface area contributed by atoms with Crippen molar-refractivity contribution in [2.75, 3.05) is 25.1 Å². The van der Waals surface area contributed by atoms with Gasteiger partial charge in [0.2, 0.25) is 5.91 Å². The third kappa shape index (κ3) is 4.32. The maximum Gasteiger partial charge on any atom is 0.224 e. The molecule has 2 aromatic rings. The van der Waals surface area contributed by atoms with Crippen molar-refractivity contribution in [2.24, 2.45) is 0 Å². The van der Waals surface area contributed by atoms with Crippen LogP contribution in [-0.4, -0.2) is 31.0 Å². The first-order valence-electron chi connectivity index (χ1n) is 6.68. The summed E-state index contributed by atoms with van der Waals surface area (Å²) in [5.41, 5.74) is 1.06. The monoisotopic (exact) mass is 335 g/mol. The molecule has 20 heavy (non-hydrogen) atoms. The lowest BCUT2D eigenvalue weighted by Gasteiger charge is -2.08. The van der Waals surface area contributed by atoms with E-state index < -0.39 is 0 Å². The SMILES string of the molecule is O=C(Cc1cccc2ccccc12)NCCOCCBr. The second kappa shape index (κ2) is 8.02. The second-order valence-electron chi connectivity index (χ2n) is 4.47. The highest BCUT2D eigenvalue weighted by Crippen LogP contribution is 2.18. The van der Waals surface area contributed by atoms with Crippen molar-refractivity contribution in [1.29, 1.82) is 0 Å². The molecule has 3 nitrogen and oxygen atoms in total. The number of ether oxygens (including phenoxy) is 1. The molecule has 0 aliphatic heterocycles. The van der Waals surface area contributed by atoms with Crippen molar-refractivity contribution in [3.63, 3.8) is 0 Å². The molecule has 0 bridgehead atoms. The smallest absolute Gasteiger partial charge is 0.224 e. The van der Waals surface area contributed by atoms with Crippen molar-refractivity contribution >= 4 is 32.6 Å². The zero-order valence-corrected chi connectivity index (χ0v) is 12.9. The average Bonchev–Trinajstić information content (AvgIpc) is 2.47. The number of fused-ring (bicyclic) bond motifs is 1. The molecular formula is C16H18BrNO2. The van der Waals surface area contributed by atoms with Crippen LogP contribution in [0, 0.1) is 0 Å². The standard InChI is InChI=1S/C16H18BrNO2/c17-8-10-20-11-9-18-16(19)12-14-6-3-5-13-4-1-2-7-15(13)14/h1-7H,8-12H2,(H,18,19). The summed E-state index contributed by atoms with van der Waals surface area (Å²) in [6, 6.07) is 14.2. The second-order valence-corrected chi connectivity index (χ2v) is 5.26. The highest BCUT2D eigenvalue weighted by molar-refractivity contribution is 9.09. The minimum absolute atomic E-state index is 0.0313. The number of nitrogens with one attached hydrogen (secondary N) is 1. The average molecular weight is 336 g/mol. The quantitative estimate of drug-likeness (QED) is 0.624. The molecule has 1 amide bonds. The van der Waals surface area contributed by atoms with E-state index in [0.717, 1.165) is 16.3 Å². The Morgan fingerprint density at radius 1 is 1.10 bits per heavy atom. The molecule has 0 aliphatic carbocycles. The van der Waals surface area contributed by atoms with Gasteiger partial charge in [-0.1, -0.05) is 58.4 Å². The Hall–Kier alpha value is -1.39. The summed E-state index contributed by atoms with van der Waals surface area (Å²) in [6.45, 7) is 1.77. The summed E-state index contributed by atoms with van der Waals surface area (Å²) < 4.78 is 5.29. The minimum Gasteiger partial charge on any atom is -0.379 e. The van der Waals surface area contributed by atoms with Gasteiger partial charge in [-0.3, -0.25) is 4.79 Å². The van der Waals surface area contributed by atoms with Crippen LogP contribution in [0.15, 0.2) is 42.5 Å². The fourth-order valence-electron chi connectivity index (χ4n) is 2.10. The van der Waals surface area contributed by atoms with Crippen molar-refractivity contribution in [1.82, 2.24) is 5.32 Å². The van der Waals surface area contributed by atoms with Crippen LogP contribution in [0.25, 0.3) is 10.8 Å². The Kier molecular flexibility index (Phi) is 6.02. The van der Waals surface area contributed by atoms with Gasteiger partial charge in [0.1, 0.15) is 0 Å². The molecule has 0 unspecified atom stereocenters. The minimum atomic E-state index is 0.0313. The number of hydrogen-bond donors (Lipinski definition) is 1. The van der Waals surface area contributed by atoms with Crippen LogP contribution in [0.5, 0.6) is 0 Å². The molecule has 0 fully saturated rings. The summed E-state index contributed by atoms with van der Waals surface area (Å²) in [5.74, 6) is 0.0313. The van der Waals surface area contributed by atoms with E-state index in [-0.39, 0.29) is 5.91 Å². The van der Waals surface area contributed by atoms with Gasteiger partial charge in [0.05, 0.1) is 19.6 Å². The molecular weight excluding hydrogens is 318 g/mol. The molecule has 1 N–H and O–H groups in total. The molecule has 0 aliphatic rings. The molecule has 0 atom stereocenters. The Balaban J connectivity index is 1.90. The maximum absolute atomic E-state index is 11.9. The van der Waals surface area contributed by atoms with Gasteiger partial charge in [-0.15, -0.1) is 0 Å². The molecule has 2 rings (SSSR count). The van der Waals surface area contributed by atoms with Crippen LogP contribution in [0.3, 0.4) is 0 Å². The maximum atomic E-state index is 11.9. The number of hydrogen-bond acceptors (Lipinski definition) is 2. The third-order valence-electron chi connectivity index (χ3n) is 3.02. The normalized spacial score (nSPS) is 10.7. The molecule has 0 saturated carbocycles. The lowest BCUT2D eigenvalue weighted by atomic mass is 10.0. The number of halogens is 1. The van der Waals surface area contributed by atoms with Gasteiger partial charge in [-0.2, -0.15) is 0 Å². The summed E-state index contributed by atoms with van der Waals surface area (Å²) in [7, 11) is 0. The lowest BCUT2D eigenvalue weighted by Crippen LogP contribution is -2.28. The highest BCUT2D eigenvalue weighted by atomic mass is 79.9. The molecule has 0 saturated heterocycles. The van der Waals surface area contributed by atoms with Crippen LogP contribution < -0.4 is 5.32 Å². The van der Waals surface area contributed by atoms with Crippen LogP contribution in [0.4, 0.5) is 0 Å². The van der Waals surface area contributed by atoms with Crippen LogP contribution in [0.2, 0.25) is 0 Å². The van der Waals surface area contributed by atoms with Crippen LogP contribution >= 0.6 is 15.9 Å². The molecule has 0 spiro atoms. The predicted octanol–water partition coefficient (Wildman–Crippen LogP) is 2.91. The van der Waals surface area contributed by atoms with Gasteiger partial charge < -0.3 is 10.1 Å². The summed E-state index contributed by atoms with van der Waals surface area (Å²) in [4.78, 5) is 11.9. The molecule has 0 heterocycles. The summed E-state index contributed by atoms with van der Waals surface area (Å²) in [5, 5.41) is 6.00. The molecule has 2 aromatic carbocycles.